The minimum atomic E-state index is 0.180. The Hall–Kier alpha value is -2.14. The first kappa shape index (κ1) is 17.0. The van der Waals surface area contributed by atoms with Crippen molar-refractivity contribution in [3.63, 3.8) is 0 Å². The van der Waals surface area contributed by atoms with Crippen molar-refractivity contribution in [1.82, 2.24) is 14.5 Å². The van der Waals surface area contributed by atoms with Crippen LogP contribution in [0.3, 0.4) is 0 Å². The van der Waals surface area contributed by atoms with E-state index in [9.17, 15) is 4.79 Å². The average molecular weight is 380 g/mol. The molecule has 1 saturated heterocycles. The van der Waals surface area contributed by atoms with E-state index in [0.29, 0.717) is 11.5 Å². The number of nitrogens with zero attached hydrogens (tertiary/aromatic N) is 3. The van der Waals surface area contributed by atoms with E-state index in [1.165, 1.54) is 6.42 Å². The third kappa shape index (κ3) is 2.89. The van der Waals surface area contributed by atoms with Crippen LogP contribution in [0, 0.1) is 10.8 Å². The van der Waals surface area contributed by atoms with Gasteiger partial charge in [0.1, 0.15) is 0 Å². The van der Waals surface area contributed by atoms with Gasteiger partial charge >= 0.3 is 0 Å². The van der Waals surface area contributed by atoms with Crippen LogP contribution in [0.25, 0.3) is 15.3 Å². The number of aromatic nitrogens is 2. The van der Waals surface area contributed by atoms with E-state index in [1.54, 1.807) is 11.3 Å². The summed E-state index contributed by atoms with van der Waals surface area (Å²) in [4.78, 5) is 20.2. The number of carbonyl (C=O) groups excluding carboxylic acids is 1. The number of carbonyl (C=O) groups is 1. The molecule has 27 heavy (non-hydrogen) atoms. The van der Waals surface area contributed by atoms with Crippen molar-refractivity contribution < 1.29 is 4.79 Å². The molecule has 3 heterocycles. The summed E-state index contributed by atoms with van der Waals surface area (Å²) in [6, 6.07) is 10.3. The van der Waals surface area contributed by atoms with Crippen LogP contribution in [0.15, 0.2) is 42.7 Å². The highest BCUT2D eigenvalue weighted by atomic mass is 32.1. The van der Waals surface area contributed by atoms with Crippen LogP contribution in [0.2, 0.25) is 0 Å². The number of rotatable bonds is 2. The van der Waals surface area contributed by atoms with Gasteiger partial charge in [0.25, 0.3) is 5.91 Å². The van der Waals surface area contributed by atoms with Crippen molar-refractivity contribution in [1.29, 1.82) is 0 Å². The second-order valence-electron chi connectivity index (χ2n) is 9.42. The maximum absolute atomic E-state index is 13.3. The maximum atomic E-state index is 13.3. The molecule has 2 aromatic heterocycles. The largest absolute Gasteiger partial charge is 0.335 e. The number of hydrogen-bond acceptors (Lipinski definition) is 3. The van der Waals surface area contributed by atoms with E-state index < -0.39 is 0 Å². The summed E-state index contributed by atoms with van der Waals surface area (Å²) in [5, 5.41) is 0.936. The molecule has 2 aliphatic rings. The number of fused-ring (bicyclic) bond motifs is 3. The summed E-state index contributed by atoms with van der Waals surface area (Å²) >= 11 is 1.63. The number of benzene rings is 1. The number of hydrogen-bond donors (Lipinski definition) is 0. The van der Waals surface area contributed by atoms with Crippen molar-refractivity contribution in [2.45, 2.75) is 46.1 Å². The molecule has 140 valence electrons. The lowest BCUT2D eigenvalue weighted by molar-refractivity contribution is 0.0708. The summed E-state index contributed by atoms with van der Waals surface area (Å²) < 4.78 is 3.08. The topological polar surface area (TPSA) is 38.1 Å². The Bertz CT molecular complexity index is 1020. The standard InChI is InChI=1S/C22H25N3OS/c1-21(2)11-16-12-22(3,13-21)14-25(16)19(26)15-6-7-17-18(10-15)27-20(23-17)24-8-4-5-9-24/h4-10,16H,11-14H2,1-3H3/t16-,22+/m0/s1. The van der Waals surface area contributed by atoms with E-state index >= 15 is 0 Å². The summed E-state index contributed by atoms with van der Waals surface area (Å²) in [5.74, 6) is 0.180. The van der Waals surface area contributed by atoms with Gasteiger partial charge in [-0.2, -0.15) is 0 Å². The zero-order chi connectivity index (χ0) is 18.8. The van der Waals surface area contributed by atoms with Crippen LogP contribution in [0.5, 0.6) is 0 Å². The second kappa shape index (κ2) is 5.68. The normalized spacial score (nSPS) is 26.6. The van der Waals surface area contributed by atoms with Crippen molar-refractivity contribution in [2.24, 2.45) is 10.8 Å². The van der Waals surface area contributed by atoms with Crippen LogP contribution in [0.4, 0.5) is 0 Å². The number of amides is 1. The van der Waals surface area contributed by atoms with Crippen LogP contribution < -0.4 is 0 Å². The third-order valence-corrected chi connectivity index (χ3v) is 7.16. The summed E-state index contributed by atoms with van der Waals surface area (Å²) in [6.45, 7) is 7.92. The van der Waals surface area contributed by atoms with E-state index in [1.807, 2.05) is 47.3 Å². The SMILES string of the molecule is CC1(C)C[C@H]2C[C@@](C)(CN2C(=O)c2ccc3nc(-n4cccc4)sc3c2)C1. The first-order valence-corrected chi connectivity index (χ1v) is 10.5. The molecular formula is C22H25N3OS. The fourth-order valence-electron chi connectivity index (χ4n) is 5.48. The summed E-state index contributed by atoms with van der Waals surface area (Å²) in [7, 11) is 0. The van der Waals surface area contributed by atoms with E-state index in [2.05, 4.69) is 25.7 Å². The minimum Gasteiger partial charge on any atom is -0.335 e. The molecule has 0 spiro atoms. The molecule has 1 aliphatic carbocycles. The van der Waals surface area contributed by atoms with Crippen LogP contribution in [-0.2, 0) is 0 Å². The lowest BCUT2D eigenvalue weighted by Crippen LogP contribution is -2.37. The Balaban J connectivity index is 1.46. The average Bonchev–Trinajstić information content (AvgIpc) is 3.29. The molecule has 5 rings (SSSR count). The molecule has 0 radical (unpaired) electrons. The van der Waals surface area contributed by atoms with Gasteiger partial charge in [0.15, 0.2) is 5.13 Å². The lowest BCUT2D eigenvalue weighted by atomic mass is 9.65. The Kier molecular flexibility index (Phi) is 3.57. The highest BCUT2D eigenvalue weighted by Crippen LogP contribution is 2.52. The first-order valence-electron chi connectivity index (χ1n) is 9.67. The Morgan fingerprint density at radius 2 is 1.96 bits per heavy atom. The van der Waals surface area contributed by atoms with Gasteiger partial charge in [0, 0.05) is 30.5 Å². The van der Waals surface area contributed by atoms with Crippen LogP contribution in [-0.4, -0.2) is 32.9 Å². The van der Waals surface area contributed by atoms with Gasteiger partial charge in [0.2, 0.25) is 0 Å². The molecule has 2 atom stereocenters. The molecule has 0 unspecified atom stereocenters. The fourth-order valence-corrected chi connectivity index (χ4v) is 6.45. The summed E-state index contributed by atoms with van der Waals surface area (Å²) in [6.07, 6.45) is 7.44. The fraction of sp³-hybridized carbons (Fsp3) is 0.455. The van der Waals surface area contributed by atoms with Crippen molar-refractivity contribution in [3.05, 3.63) is 48.3 Å². The van der Waals surface area contributed by atoms with Gasteiger partial charge in [-0.3, -0.25) is 4.79 Å². The zero-order valence-electron chi connectivity index (χ0n) is 16.1. The van der Waals surface area contributed by atoms with Gasteiger partial charge in [-0.1, -0.05) is 32.1 Å². The molecule has 1 saturated carbocycles. The van der Waals surface area contributed by atoms with Crippen LogP contribution in [0.1, 0.15) is 50.4 Å². The van der Waals surface area contributed by atoms with Crippen molar-refractivity contribution in [2.75, 3.05) is 6.54 Å². The molecular weight excluding hydrogens is 354 g/mol. The number of thiazole rings is 1. The highest BCUT2D eigenvalue weighted by molar-refractivity contribution is 7.20. The number of likely N-dealkylation sites (tertiary alicyclic amines) is 1. The molecule has 0 N–H and O–H groups in total. The van der Waals surface area contributed by atoms with Crippen molar-refractivity contribution in [3.8, 4) is 5.13 Å². The second-order valence-corrected chi connectivity index (χ2v) is 10.4. The molecule has 3 aromatic rings. The summed E-state index contributed by atoms with van der Waals surface area (Å²) in [5.41, 5.74) is 2.32. The lowest BCUT2D eigenvalue weighted by Gasteiger charge is -2.39. The molecule has 5 heteroatoms. The Morgan fingerprint density at radius 1 is 1.19 bits per heavy atom. The maximum Gasteiger partial charge on any atom is 0.254 e. The van der Waals surface area contributed by atoms with Crippen molar-refractivity contribution >= 4 is 27.5 Å². The predicted molar refractivity (Wildman–Crippen MR) is 110 cm³/mol. The molecule has 2 fully saturated rings. The molecule has 4 nitrogen and oxygen atoms in total. The zero-order valence-corrected chi connectivity index (χ0v) is 16.9. The van der Waals surface area contributed by atoms with Gasteiger partial charge in [-0.05, 0) is 60.4 Å². The van der Waals surface area contributed by atoms with E-state index in [4.69, 9.17) is 4.98 Å². The minimum absolute atomic E-state index is 0.180. The third-order valence-electron chi connectivity index (χ3n) is 6.13. The van der Waals surface area contributed by atoms with Gasteiger partial charge < -0.3 is 9.47 Å². The van der Waals surface area contributed by atoms with E-state index in [-0.39, 0.29) is 11.3 Å². The van der Waals surface area contributed by atoms with Gasteiger partial charge in [0.05, 0.1) is 10.2 Å². The quantitative estimate of drug-likeness (QED) is 0.619. The van der Waals surface area contributed by atoms with Crippen LogP contribution >= 0.6 is 11.3 Å². The molecule has 1 aliphatic heterocycles. The predicted octanol–water partition coefficient (Wildman–Crippen LogP) is 5.13. The molecule has 1 aromatic carbocycles. The monoisotopic (exact) mass is 379 g/mol. The van der Waals surface area contributed by atoms with E-state index in [0.717, 1.165) is 40.3 Å². The first-order chi connectivity index (χ1) is 12.8. The van der Waals surface area contributed by atoms with Gasteiger partial charge in [-0.15, -0.1) is 0 Å². The van der Waals surface area contributed by atoms with Gasteiger partial charge in [-0.25, -0.2) is 4.98 Å². The highest BCUT2D eigenvalue weighted by Gasteiger charge is 2.51. The molecule has 1 amide bonds. The Labute approximate surface area is 163 Å². The smallest absolute Gasteiger partial charge is 0.254 e. The molecule has 2 bridgehead atoms. The Morgan fingerprint density at radius 3 is 2.74 bits per heavy atom.